The predicted molar refractivity (Wildman–Crippen MR) is 87.0 cm³/mol. The zero-order valence-corrected chi connectivity index (χ0v) is 13.2. The largest absolute Gasteiger partial charge is 0.350 e. The number of thioether (sulfide) groups is 1. The van der Waals surface area contributed by atoms with Gasteiger partial charge < -0.3 is 4.90 Å². The molecule has 0 aromatic carbocycles. The first-order valence-electron chi connectivity index (χ1n) is 7.06. The molecule has 0 aromatic heterocycles. The molecule has 0 N–H and O–H groups in total. The van der Waals surface area contributed by atoms with Crippen molar-refractivity contribution in [3.05, 3.63) is 35.0 Å². The molecular formula is C15H18N2OS2. The fourth-order valence-corrected chi connectivity index (χ4v) is 4.44. The van der Waals surface area contributed by atoms with Crippen LogP contribution >= 0.6 is 24.0 Å². The topological polar surface area (TPSA) is 23.6 Å². The maximum atomic E-state index is 12.7. The highest BCUT2D eigenvalue weighted by molar-refractivity contribution is 8.26. The molecule has 0 bridgehead atoms. The molecule has 106 valence electrons. The molecule has 0 spiro atoms. The van der Waals surface area contributed by atoms with Gasteiger partial charge in [0.25, 0.3) is 5.91 Å². The van der Waals surface area contributed by atoms with Gasteiger partial charge in [0.2, 0.25) is 0 Å². The van der Waals surface area contributed by atoms with Crippen molar-refractivity contribution in [2.24, 2.45) is 0 Å². The molecule has 1 amide bonds. The fraction of sp³-hybridized carbons (Fsp3) is 0.467. The van der Waals surface area contributed by atoms with Crippen LogP contribution in [0.2, 0.25) is 0 Å². The van der Waals surface area contributed by atoms with Crippen LogP contribution in [-0.4, -0.2) is 33.1 Å². The number of thiocarbonyl (C=S) groups is 1. The van der Waals surface area contributed by atoms with Gasteiger partial charge in [-0.2, -0.15) is 0 Å². The Labute approximate surface area is 129 Å². The minimum atomic E-state index is 0.0914. The molecule has 2 heterocycles. The number of nitrogens with zero attached hydrogens (tertiary/aromatic N) is 2. The minimum Gasteiger partial charge on any atom is -0.350 e. The normalized spacial score (nSPS) is 27.9. The summed E-state index contributed by atoms with van der Waals surface area (Å²) in [6.45, 7) is 0. The zero-order chi connectivity index (χ0) is 14.1. The number of allylic oxidation sites excluding steroid dienone is 3. The molecule has 1 aliphatic carbocycles. The Morgan fingerprint density at radius 2 is 2.00 bits per heavy atom. The second-order valence-electron chi connectivity index (χ2n) is 5.36. The van der Waals surface area contributed by atoms with Crippen LogP contribution < -0.4 is 0 Å². The lowest BCUT2D eigenvalue weighted by molar-refractivity contribution is -0.124. The number of amides is 1. The molecule has 2 fully saturated rings. The van der Waals surface area contributed by atoms with E-state index in [9.17, 15) is 4.79 Å². The Hall–Kier alpha value is -1.07. The predicted octanol–water partition coefficient (Wildman–Crippen LogP) is 3.41. The van der Waals surface area contributed by atoms with E-state index in [1.807, 2.05) is 41.3 Å². The summed E-state index contributed by atoms with van der Waals surface area (Å²) in [4.78, 5) is 17.3. The highest BCUT2D eigenvalue weighted by Crippen LogP contribution is 2.39. The lowest BCUT2D eigenvalue weighted by atomic mass is 9.94. The quantitative estimate of drug-likeness (QED) is 0.547. The third kappa shape index (κ3) is 2.44. The average Bonchev–Trinajstić information content (AvgIpc) is 2.75. The first-order valence-corrected chi connectivity index (χ1v) is 8.28. The monoisotopic (exact) mass is 306 g/mol. The van der Waals surface area contributed by atoms with Crippen molar-refractivity contribution in [2.45, 2.75) is 38.1 Å². The molecule has 2 aliphatic heterocycles. The molecule has 1 saturated heterocycles. The second kappa shape index (κ2) is 5.74. The average molecular weight is 306 g/mol. The van der Waals surface area contributed by atoms with Crippen molar-refractivity contribution in [1.29, 1.82) is 0 Å². The first kappa shape index (κ1) is 13.9. The van der Waals surface area contributed by atoms with E-state index in [0.29, 0.717) is 6.04 Å². The van der Waals surface area contributed by atoms with Gasteiger partial charge in [0.1, 0.15) is 9.23 Å². The summed E-state index contributed by atoms with van der Waals surface area (Å²) in [5, 5.41) is 0. The Balaban J connectivity index is 1.88. The Bertz CT molecular complexity index is 530. The summed E-state index contributed by atoms with van der Waals surface area (Å²) in [5.74, 6) is 0.0914. The van der Waals surface area contributed by atoms with Gasteiger partial charge in [0, 0.05) is 19.3 Å². The van der Waals surface area contributed by atoms with Crippen molar-refractivity contribution in [3.8, 4) is 0 Å². The second-order valence-corrected chi connectivity index (χ2v) is 7.01. The number of rotatable bonds is 1. The van der Waals surface area contributed by atoms with Gasteiger partial charge in [0.05, 0.1) is 5.70 Å². The van der Waals surface area contributed by atoms with E-state index >= 15 is 0 Å². The van der Waals surface area contributed by atoms with Crippen LogP contribution in [-0.2, 0) is 4.79 Å². The maximum absolute atomic E-state index is 12.7. The first-order chi connectivity index (χ1) is 9.68. The third-order valence-corrected chi connectivity index (χ3v) is 5.43. The van der Waals surface area contributed by atoms with Crippen LogP contribution in [0, 0.1) is 0 Å². The molecule has 20 heavy (non-hydrogen) atoms. The number of hydrogen-bond donors (Lipinski definition) is 0. The summed E-state index contributed by atoms with van der Waals surface area (Å²) in [7, 11) is 1.96. The molecule has 0 atom stereocenters. The molecule has 0 aromatic rings. The highest BCUT2D eigenvalue weighted by atomic mass is 32.2. The number of carbonyl (C=O) groups excluding carboxylic acids is 1. The fourth-order valence-electron chi connectivity index (χ4n) is 2.95. The lowest BCUT2D eigenvalue weighted by Crippen LogP contribution is -2.40. The molecule has 1 saturated carbocycles. The molecular weight excluding hydrogens is 288 g/mol. The Morgan fingerprint density at radius 1 is 1.25 bits per heavy atom. The number of carbonyl (C=O) groups is 1. The van der Waals surface area contributed by atoms with Crippen molar-refractivity contribution in [3.63, 3.8) is 0 Å². The molecule has 5 heteroatoms. The smallest absolute Gasteiger partial charge is 0.268 e. The van der Waals surface area contributed by atoms with Crippen molar-refractivity contribution < 1.29 is 4.79 Å². The Morgan fingerprint density at radius 3 is 2.70 bits per heavy atom. The van der Waals surface area contributed by atoms with E-state index < -0.39 is 0 Å². The van der Waals surface area contributed by atoms with E-state index in [1.54, 1.807) is 0 Å². The van der Waals surface area contributed by atoms with Gasteiger partial charge in [0.15, 0.2) is 0 Å². The van der Waals surface area contributed by atoms with Gasteiger partial charge in [-0.1, -0.05) is 49.3 Å². The standard InChI is InChI=1S/C15H18N2OS2/c1-16-10-6-5-9-12(16)13-14(18)17(15(19)20-13)11-7-3-2-4-8-11/h5-6,9-11H,2-4,7-8H2,1H3/b13-12-. The summed E-state index contributed by atoms with van der Waals surface area (Å²) in [6.07, 6.45) is 13.7. The van der Waals surface area contributed by atoms with Gasteiger partial charge in [-0.3, -0.25) is 9.69 Å². The summed E-state index contributed by atoms with van der Waals surface area (Å²) < 4.78 is 0.723. The molecule has 3 nitrogen and oxygen atoms in total. The van der Waals surface area contributed by atoms with Gasteiger partial charge in [-0.05, 0) is 25.0 Å². The SMILES string of the molecule is CN1C=CC=C/C1=C1/SC(=S)N(C2CCCCC2)C1=O. The summed E-state index contributed by atoms with van der Waals surface area (Å²) in [5.41, 5.74) is 0.947. The van der Waals surface area contributed by atoms with Crippen LogP contribution in [0.4, 0.5) is 0 Å². The molecule has 0 radical (unpaired) electrons. The van der Waals surface area contributed by atoms with Gasteiger partial charge in [-0.25, -0.2) is 0 Å². The van der Waals surface area contributed by atoms with Crippen molar-refractivity contribution in [2.75, 3.05) is 7.05 Å². The van der Waals surface area contributed by atoms with E-state index in [0.717, 1.165) is 27.8 Å². The number of hydrogen-bond acceptors (Lipinski definition) is 4. The zero-order valence-electron chi connectivity index (χ0n) is 11.5. The van der Waals surface area contributed by atoms with Crippen molar-refractivity contribution in [1.82, 2.24) is 9.80 Å². The molecule has 3 aliphatic rings. The van der Waals surface area contributed by atoms with Gasteiger partial charge >= 0.3 is 0 Å². The summed E-state index contributed by atoms with van der Waals surface area (Å²) >= 11 is 6.90. The van der Waals surface area contributed by atoms with E-state index in [1.165, 1.54) is 31.0 Å². The highest BCUT2D eigenvalue weighted by Gasteiger charge is 2.39. The van der Waals surface area contributed by atoms with Crippen LogP contribution in [0.15, 0.2) is 35.0 Å². The van der Waals surface area contributed by atoms with Gasteiger partial charge in [-0.15, -0.1) is 0 Å². The van der Waals surface area contributed by atoms with Crippen molar-refractivity contribution >= 4 is 34.2 Å². The lowest BCUT2D eigenvalue weighted by Gasteiger charge is -2.30. The van der Waals surface area contributed by atoms with E-state index in [-0.39, 0.29) is 5.91 Å². The van der Waals surface area contributed by atoms with Crippen LogP contribution in [0.5, 0.6) is 0 Å². The van der Waals surface area contributed by atoms with Crippen LogP contribution in [0.3, 0.4) is 0 Å². The minimum absolute atomic E-state index is 0.0914. The van der Waals surface area contributed by atoms with Crippen LogP contribution in [0.25, 0.3) is 0 Å². The summed E-state index contributed by atoms with van der Waals surface area (Å²) in [6, 6.07) is 0.308. The number of likely N-dealkylation sites (N-methyl/N-ethyl adjacent to an activating group) is 1. The molecule has 0 unspecified atom stereocenters. The van der Waals surface area contributed by atoms with E-state index in [2.05, 4.69) is 0 Å². The maximum Gasteiger partial charge on any atom is 0.268 e. The molecule has 3 rings (SSSR count). The van der Waals surface area contributed by atoms with E-state index in [4.69, 9.17) is 12.2 Å². The van der Waals surface area contributed by atoms with Crippen LogP contribution in [0.1, 0.15) is 32.1 Å². The Kier molecular flexibility index (Phi) is 3.98. The third-order valence-electron chi connectivity index (χ3n) is 4.03.